The van der Waals surface area contributed by atoms with E-state index in [-0.39, 0.29) is 0 Å². The zero-order valence-corrected chi connectivity index (χ0v) is 11.2. The van der Waals surface area contributed by atoms with E-state index in [2.05, 4.69) is 19.2 Å². The maximum atomic E-state index is 5.95. The van der Waals surface area contributed by atoms with Gasteiger partial charge in [-0.25, -0.2) is 0 Å². The quantitative estimate of drug-likeness (QED) is 0.511. The van der Waals surface area contributed by atoms with E-state index in [4.69, 9.17) is 4.43 Å². The van der Waals surface area contributed by atoms with Crippen LogP contribution in [0.5, 0.6) is 0 Å². The smallest absolute Gasteiger partial charge is 0.196 e. The zero-order valence-electron chi connectivity index (χ0n) is 10.2. The van der Waals surface area contributed by atoms with Crippen molar-refractivity contribution in [2.45, 2.75) is 50.2 Å². The van der Waals surface area contributed by atoms with E-state index in [1.807, 2.05) is 12.7 Å². The molecular formula is C13H22OSi. The van der Waals surface area contributed by atoms with Crippen molar-refractivity contribution in [3.63, 3.8) is 0 Å². The third kappa shape index (κ3) is 1.07. The summed E-state index contributed by atoms with van der Waals surface area (Å²) in [7, 11) is 0.435. The van der Waals surface area contributed by atoms with Crippen molar-refractivity contribution in [3.8, 4) is 0 Å². The fourth-order valence-corrected chi connectivity index (χ4v) is 7.42. The Morgan fingerprint density at radius 1 is 1.40 bits per heavy atom. The Hall–Kier alpha value is -0.0831. The average Bonchev–Trinajstić information content (AvgIpc) is 2.89. The molecule has 84 valence electrons. The van der Waals surface area contributed by atoms with Crippen molar-refractivity contribution in [3.05, 3.63) is 11.6 Å². The lowest BCUT2D eigenvalue weighted by molar-refractivity contribution is 0.363. The first-order valence-electron chi connectivity index (χ1n) is 6.36. The van der Waals surface area contributed by atoms with Gasteiger partial charge in [-0.3, -0.25) is 0 Å². The standard InChI is InChI=1S/C13H22OSi/c1-14-15(2,3)13-8-7-10(9-13)11-5-4-6-12(11)13/h6,10-11H,4-5,7-9H2,1-3H3. The normalized spacial score (nSPS) is 43.3. The molecule has 0 saturated heterocycles. The molecule has 0 amide bonds. The number of hydrogen-bond acceptors (Lipinski definition) is 1. The molecule has 2 bridgehead atoms. The summed E-state index contributed by atoms with van der Waals surface area (Å²) >= 11 is 0. The van der Waals surface area contributed by atoms with E-state index < -0.39 is 8.32 Å². The minimum atomic E-state index is -1.51. The molecule has 2 fully saturated rings. The van der Waals surface area contributed by atoms with E-state index in [0.717, 1.165) is 11.8 Å². The highest BCUT2D eigenvalue weighted by Gasteiger charge is 2.62. The van der Waals surface area contributed by atoms with Gasteiger partial charge in [0.2, 0.25) is 0 Å². The van der Waals surface area contributed by atoms with Crippen molar-refractivity contribution in [2.24, 2.45) is 11.8 Å². The first-order valence-corrected chi connectivity index (χ1v) is 9.27. The molecule has 3 rings (SSSR count). The van der Waals surface area contributed by atoms with Crippen LogP contribution in [0.1, 0.15) is 32.1 Å². The predicted octanol–water partition coefficient (Wildman–Crippen LogP) is 3.73. The van der Waals surface area contributed by atoms with Gasteiger partial charge < -0.3 is 4.43 Å². The summed E-state index contributed by atoms with van der Waals surface area (Å²) in [4.78, 5) is 0. The van der Waals surface area contributed by atoms with Crippen molar-refractivity contribution >= 4 is 8.32 Å². The second-order valence-corrected chi connectivity index (χ2v) is 10.5. The number of fused-ring (bicyclic) bond motifs is 5. The molecule has 3 aliphatic carbocycles. The summed E-state index contributed by atoms with van der Waals surface area (Å²) in [5.41, 5.74) is 1.83. The van der Waals surface area contributed by atoms with Gasteiger partial charge in [0.25, 0.3) is 0 Å². The van der Waals surface area contributed by atoms with Crippen LogP contribution >= 0.6 is 0 Å². The molecule has 0 aliphatic heterocycles. The van der Waals surface area contributed by atoms with Crippen LogP contribution in [-0.4, -0.2) is 15.4 Å². The van der Waals surface area contributed by atoms with E-state index in [1.54, 1.807) is 0 Å². The lowest BCUT2D eigenvalue weighted by atomic mass is 9.85. The van der Waals surface area contributed by atoms with Crippen LogP contribution < -0.4 is 0 Å². The van der Waals surface area contributed by atoms with Crippen molar-refractivity contribution in [1.29, 1.82) is 0 Å². The van der Waals surface area contributed by atoms with Gasteiger partial charge in [0.1, 0.15) is 0 Å². The third-order valence-corrected chi connectivity index (χ3v) is 9.65. The van der Waals surface area contributed by atoms with Crippen LogP contribution in [0.2, 0.25) is 18.1 Å². The van der Waals surface area contributed by atoms with Gasteiger partial charge >= 0.3 is 0 Å². The fraction of sp³-hybridized carbons (Fsp3) is 0.846. The van der Waals surface area contributed by atoms with E-state index in [1.165, 1.54) is 32.1 Å². The average molecular weight is 222 g/mol. The summed E-state index contributed by atoms with van der Waals surface area (Å²) < 4.78 is 5.95. The first kappa shape index (κ1) is 10.1. The molecule has 0 heterocycles. The van der Waals surface area contributed by atoms with Gasteiger partial charge in [-0.1, -0.05) is 11.6 Å². The van der Waals surface area contributed by atoms with Gasteiger partial charge in [0.05, 0.1) is 0 Å². The molecule has 3 unspecified atom stereocenters. The number of allylic oxidation sites excluding steroid dienone is 2. The predicted molar refractivity (Wildman–Crippen MR) is 65.3 cm³/mol. The van der Waals surface area contributed by atoms with Crippen LogP contribution in [-0.2, 0) is 4.43 Å². The van der Waals surface area contributed by atoms with Crippen LogP contribution in [0.25, 0.3) is 0 Å². The lowest BCUT2D eigenvalue weighted by Crippen LogP contribution is -2.43. The van der Waals surface area contributed by atoms with Crippen molar-refractivity contribution < 1.29 is 4.43 Å². The number of hydrogen-bond donors (Lipinski definition) is 0. The Labute approximate surface area is 94.0 Å². The Kier molecular flexibility index (Phi) is 2.01. The fourth-order valence-electron chi connectivity index (χ4n) is 4.54. The maximum Gasteiger partial charge on any atom is 0.196 e. The minimum Gasteiger partial charge on any atom is -0.420 e. The molecule has 0 N–H and O–H groups in total. The first-order chi connectivity index (χ1) is 7.11. The Morgan fingerprint density at radius 3 is 2.93 bits per heavy atom. The summed E-state index contributed by atoms with van der Waals surface area (Å²) in [6, 6.07) is 0. The molecular weight excluding hydrogens is 200 g/mol. The second kappa shape index (κ2) is 2.98. The van der Waals surface area contributed by atoms with Crippen molar-refractivity contribution in [2.75, 3.05) is 7.11 Å². The molecule has 15 heavy (non-hydrogen) atoms. The van der Waals surface area contributed by atoms with E-state index in [9.17, 15) is 0 Å². The largest absolute Gasteiger partial charge is 0.420 e. The Bertz CT molecular complexity index is 320. The zero-order chi connectivity index (χ0) is 10.7. The maximum absolute atomic E-state index is 5.95. The van der Waals surface area contributed by atoms with Crippen LogP contribution in [0, 0.1) is 11.8 Å². The highest BCUT2D eigenvalue weighted by molar-refractivity contribution is 6.75. The summed E-state index contributed by atoms with van der Waals surface area (Å²) in [5, 5.41) is 0.535. The van der Waals surface area contributed by atoms with Crippen LogP contribution in [0.4, 0.5) is 0 Å². The van der Waals surface area contributed by atoms with Gasteiger partial charge in [-0.05, 0) is 57.0 Å². The molecule has 1 nitrogen and oxygen atoms in total. The molecule has 2 saturated carbocycles. The Morgan fingerprint density at radius 2 is 2.20 bits per heavy atom. The number of rotatable bonds is 2. The highest BCUT2D eigenvalue weighted by atomic mass is 28.4. The van der Waals surface area contributed by atoms with Crippen molar-refractivity contribution in [1.82, 2.24) is 0 Å². The minimum absolute atomic E-state index is 0.535. The molecule has 3 atom stereocenters. The van der Waals surface area contributed by atoms with Crippen LogP contribution in [0.15, 0.2) is 11.6 Å². The van der Waals surface area contributed by atoms with Gasteiger partial charge in [-0.15, -0.1) is 0 Å². The summed E-state index contributed by atoms with van der Waals surface area (Å²) in [5.74, 6) is 1.97. The molecule has 0 aromatic rings. The Balaban J connectivity index is 2.05. The lowest BCUT2D eigenvalue weighted by Gasteiger charge is -2.42. The third-order valence-electron chi connectivity index (χ3n) is 5.58. The molecule has 0 spiro atoms. The molecule has 3 aliphatic rings. The molecule has 0 aromatic carbocycles. The molecule has 0 aromatic heterocycles. The van der Waals surface area contributed by atoms with E-state index >= 15 is 0 Å². The van der Waals surface area contributed by atoms with Gasteiger partial charge in [0, 0.05) is 12.1 Å². The van der Waals surface area contributed by atoms with Gasteiger partial charge in [-0.2, -0.15) is 0 Å². The SMILES string of the molecule is CO[Si](C)(C)C12CCC(C1)C1CCC=C12. The van der Waals surface area contributed by atoms with E-state index in [0.29, 0.717) is 5.04 Å². The topological polar surface area (TPSA) is 9.23 Å². The summed E-state index contributed by atoms with van der Waals surface area (Å²) in [6.07, 6.45) is 9.70. The monoisotopic (exact) mass is 222 g/mol. The van der Waals surface area contributed by atoms with Gasteiger partial charge in [0.15, 0.2) is 8.32 Å². The highest BCUT2D eigenvalue weighted by Crippen LogP contribution is 2.71. The second-order valence-electron chi connectivity index (χ2n) is 6.14. The van der Waals surface area contributed by atoms with Crippen LogP contribution in [0.3, 0.4) is 0 Å². The molecule has 0 radical (unpaired) electrons. The molecule has 2 heteroatoms. The summed E-state index contributed by atoms with van der Waals surface area (Å²) in [6.45, 7) is 4.86.